The second-order valence-electron chi connectivity index (χ2n) is 4.21. The smallest absolute Gasteiger partial charge is 0.314 e. The van der Waals surface area contributed by atoms with E-state index >= 15 is 0 Å². The lowest BCUT2D eigenvalue weighted by Crippen LogP contribution is -2.39. The van der Waals surface area contributed by atoms with Crippen LogP contribution in [0.25, 0.3) is 0 Å². The summed E-state index contributed by atoms with van der Waals surface area (Å²) in [7, 11) is 3.24. The number of methoxy groups -OCH3 is 2. The SMILES string of the molecule is COCCNC(=O)NC[C@@H](OC)c1ccccc1C. The van der Waals surface area contributed by atoms with Crippen molar-refractivity contribution in [3.63, 3.8) is 0 Å². The monoisotopic (exact) mass is 266 g/mol. The molecular formula is C14H22N2O3. The Balaban J connectivity index is 2.45. The van der Waals surface area contributed by atoms with E-state index in [1.54, 1.807) is 14.2 Å². The number of carbonyl (C=O) groups is 1. The van der Waals surface area contributed by atoms with Crippen LogP contribution in [-0.2, 0) is 9.47 Å². The maximum atomic E-state index is 11.5. The molecule has 5 nitrogen and oxygen atoms in total. The second kappa shape index (κ2) is 8.50. The van der Waals surface area contributed by atoms with Gasteiger partial charge in [0.15, 0.2) is 0 Å². The van der Waals surface area contributed by atoms with E-state index in [4.69, 9.17) is 9.47 Å². The van der Waals surface area contributed by atoms with E-state index < -0.39 is 0 Å². The summed E-state index contributed by atoms with van der Waals surface area (Å²) in [4.78, 5) is 11.5. The van der Waals surface area contributed by atoms with Crippen molar-refractivity contribution in [2.24, 2.45) is 0 Å². The summed E-state index contributed by atoms with van der Waals surface area (Å²) in [6, 6.07) is 7.77. The molecule has 0 aliphatic carbocycles. The van der Waals surface area contributed by atoms with Crippen LogP contribution in [0.4, 0.5) is 4.79 Å². The zero-order chi connectivity index (χ0) is 14.1. The Morgan fingerprint density at radius 2 is 2.00 bits per heavy atom. The van der Waals surface area contributed by atoms with Gasteiger partial charge in [-0.2, -0.15) is 0 Å². The molecule has 0 saturated carbocycles. The molecule has 1 aromatic carbocycles. The van der Waals surface area contributed by atoms with Gasteiger partial charge in [0, 0.05) is 27.3 Å². The molecule has 0 aliphatic heterocycles. The average Bonchev–Trinajstić information content (AvgIpc) is 2.41. The predicted octanol–water partition coefficient (Wildman–Crippen LogP) is 1.63. The Kier molecular flexibility index (Phi) is 6.92. The summed E-state index contributed by atoms with van der Waals surface area (Å²) >= 11 is 0. The summed E-state index contributed by atoms with van der Waals surface area (Å²) in [5, 5.41) is 5.49. The highest BCUT2D eigenvalue weighted by Crippen LogP contribution is 2.19. The van der Waals surface area contributed by atoms with Crippen molar-refractivity contribution in [1.29, 1.82) is 0 Å². The van der Waals surface area contributed by atoms with Gasteiger partial charge in [-0.1, -0.05) is 24.3 Å². The largest absolute Gasteiger partial charge is 0.383 e. The first-order valence-electron chi connectivity index (χ1n) is 6.28. The van der Waals surface area contributed by atoms with Crippen molar-refractivity contribution < 1.29 is 14.3 Å². The van der Waals surface area contributed by atoms with Gasteiger partial charge in [0.25, 0.3) is 0 Å². The number of nitrogens with one attached hydrogen (secondary N) is 2. The van der Waals surface area contributed by atoms with E-state index in [1.807, 2.05) is 31.2 Å². The minimum absolute atomic E-state index is 0.144. The van der Waals surface area contributed by atoms with Gasteiger partial charge in [0.1, 0.15) is 0 Å². The van der Waals surface area contributed by atoms with Crippen LogP contribution in [0.1, 0.15) is 17.2 Å². The van der Waals surface area contributed by atoms with E-state index in [2.05, 4.69) is 10.6 Å². The van der Waals surface area contributed by atoms with Crippen molar-refractivity contribution in [2.45, 2.75) is 13.0 Å². The molecule has 0 fully saturated rings. The van der Waals surface area contributed by atoms with E-state index in [0.717, 1.165) is 11.1 Å². The maximum Gasteiger partial charge on any atom is 0.314 e. The van der Waals surface area contributed by atoms with Crippen LogP contribution in [0.3, 0.4) is 0 Å². The van der Waals surface area contributed by atoms with Crippen LogP contribution < -0.4 is 10.6 Å². The van der Waals surface area contributed by atoms with Crippen molar-refractivity contribution in [2.75, 3.05) is 33.9 Å². The molecule has 0 aromatic heterocycles. The first kappa shape index (κ1) is 15.5. The van der Waals surface area contributed by atoms with Gasteiger partial charge < -0.3 is 20.1 Å². The van der Waals surface area contributed by atoms with Crippen LogP contribution in [-0.4, -0.2) is 39.9 Å². The van der Waals surface area contributed by atoms with Gasteiger partial charge >= 0.3 is 6.03 Å². The first-order valence-corrected chi connectivity index (χ1v) is 6.28. The highest BCUT2D eigenvalue weighted by atomic mass is 16.5. The average molecular weight is 266 g/mol. The van der Waals surface area contributed by atoms with E-state index in [9.17, 15) is 4.79 Å². The summed E-state index contributed by atoms with van der Waals surface area (Å²) in [5.74, 6) is 0. The summed E-state index contributed by atoms with van der Waals surface area (Å²) in [6.07, 6.45) is -0.144. The molecule has 2 amide bonds. The Labute approximate surface area is 114 Å². The predicted molar refractivity (Wildman–Crippen MR) is 74.2 cm³/mol. The summed E-state index contributed by atoms with van der Waals surface area (Å²) in [5.41, 5.74) is 2.23. The summed E-state index contributed by atoms with van der Waals surface area (Å²) in [6.45, 7) is 3.45. The highest BCUT2D eigenvalue weighted by molar-refractivity contribution is 5.73. The van der Waals surface area contributed by atoms with Crippen molar-refractivity contribution in [3.8, 4) is 0 Å². The van der Waals surface area contributed by atoms with Gasteiger partial charge in [-0.25, -0.2) is 4.79 Å². The highest BCUT2D eigenvalue weighted by Gasteiger charge is 2.13. The van der Waals surface area contributed by atoms with E-state index in [-0.39, 0.29) is 12.1 Å². The number of hydrogen-bond acceptors (Lipinski definition) is 3. The Bertz CT molecular complexity index is 396. The summed E-state index contributed by atoms with van der Waals surface area (Å²) < 4.78 is 10.3. The lowest BCUT2D eigenvalue weighted by Gasteiger charge is -2.18. The van der Waals surface area contributed by atoms with Crippen LogP contribution in [0.15, 0.2) is 24.3 Å². The normalized spacial score (nSPS) is 11.9. The molecule has 0 spiro atoms. The first-order chi connectivity index (χ1) is 9.19. The lowest BCUT2D eigenvalue weighted by molar-refractivity contribution is 0.103. The maximum absolute atomic E-state index is 11.5. The standard InChI is InChI=1S/C14H22N2O3/c1-11-6-4-5-7-12(11)13(19-3)10-16-14(17)15-8-9-18-2/h4-7,13H,8-10H2,1-3H3,(H2,15,16,17)/t13-/m1/s1. The Hall–Kier alpha value is -1.59. The number of urea groups is 1. The molecule has 0 saturated heterocycles. The number of carbonyl (C=O) groups excluding carboxylic acids is 1. The van der Waals surface area contributed by atoms with Gasteiger partial charge in [0.2, 0.25) is 0 Å². The van der Waals surface area contributed by atoms with E-state index in [0.29, 0.717) is 19.7 Å². The van der Waals surface area contributed by atoms with Gasteiger partial charge in [-0.3, -0.25) is 0 Å². The molecule has 1 aromatic rings. The van der Waals surface area contributed by atoms with Crippen LogP contribution in [0.2, 0.25) is 0 Å². The third kappa shape index (κ3) is 5.28. The number of hydrogen-bond donors (Lipinski definition) is 2. The molecule has 0 bridgehead atoms. The number of amides is 2. The zero-order valence-corrected chi connectivity index (χ0v) is 11.7. The van der Waals surface area contributed by atoms with Gasteiger partial charge in [0.05, 0.1) is 12.7 Å². The molecule has 0 aliphatic rings. The number of benzene rings is 1. The van der Waals surface area contributed by atoms with Crippen LogP contribution in [0, 0.1) is 6.92 Å². The van der Waals surface area contributed by atoms with Crippen molar-refractivity contribution in [3.05, 3.63) is 35.4 Å². The van der Waals surface area contributed by atoms with Gasteiger partial charge in [-0.15, -0.1) is 0 Å². The minimum Gasteiger partial charge on any atom is -0.383 e. The molecule has 106 valence electrons. The molecule has 0 unspecified atom stereocenters. The fourth-order valence-electron chi connectivity index (χ4n) is 1.78. The molecule has 5 heteroatoms. The van der Waals surface area contributed by atoms with Gasteiger partial charge in [-0.05, 0) is 18.1 Å². The lowest BCUT2D eigenvalue weighted by atomic mass is 10.0. The van der Waals surface area contributed by atoms with E-state index in [1.165, 1.54) is 0 Å². The second-order valence-corrected chi connectivity index (χ2v) is 4.21. The fourth-order valence-corrected chi connectivity index (χ4v) is 1.78. The van der Waals surface area contributed by atoms with Crippen LogP contribution in [0.5, 0.6) is 0 Å². The Morgan fingerprint density at radius 1 is 1.26 bits per heavy atom. The van der Waals surface area contributed by atoms with Crippen molar-refractivity contribution in [1.82, 2.24) is 10.6 Å². The molecule has 1 rings (SSSR count). The molecule has 2 N–H and O–H groups in total. The third-order valence-electron chi connectivity index (χ3n) is 2.86. The number of rotatable bonds is 7. The zero-order valence-electron chi connectivity index (χ0n) is 11.7. The quantitative estimate of drug-likeness (QED) is 0.737. The molecule has 0 radical (unpaired) electrons. The fraction of sp³-hybridized carbons (Fsp3) is 0.500. The molecule has 1 atom stereocenters. The number of aryl methyl sites for hydroxylation is 1. The van der Waals surface area contributed by atoms with Crippen molar-refractivity contribution >= 4 is 6.03 Å². The molecule has 0 heterocycles. The third-order valence-corrected chi connectivity index (χ3v) is 2.86. The number of ether oxygens (including phenoxy) is 2. The molecule has 19 heavy (non-hydrogen) atoms. The minimum atomic E-state index is -0.215. The Morgan fingerprint density at radius 3 is 2.63 bits per heavy atom. The van der Waals surface area contributed by atoms with Crippen LogP contribution >= 0.6 is 0 Å². The molecular weight excluding hydrogens is 244 g/mol. The topological polar surface area (TPSA) is 59.6 Å².